The Morgan fingerprint density at radius 1 is 0.640 bits per heavy atom. The summed E-state index contributed by atoms with van der Waals surface area (Å²) in [6.07, 6.45) is 14.9. The van der Waals surface area contributed by atoms with E-state index in [0.717, 1.165) is 25.9 Å². The van der Waals surface area contributed by atoms with Crippen molar-refractivity contribution in [1.29, 1.82) is 0 Å². The largest absolute Gasteiger partial charge is 0.331 e. The summed E-state index contributed by atoms with van der Waals surface area (Å²) in [7, 11) is 5.06. The third-order valence-corrected chi connectivity index (χ3v) is 5.12. The first-order valence-corrected chi connectivity index (χ1v) is 10.6. The molecule has 1 N–H and O–H groups in total. The summed E-state index contributed by atoms with van der Waals surface area (Å²) in [6.45, 7) is 6.73. The number of ether oxygens (including phenoxy) is 3. The van der Waals surface area contributed by atoms with Crippen molar-refractivity contribution >= 4 is 0 Å². The molecule has 0 heterocycles. The lowest BCUT2D eigenvalue weighted by atomic mass is 9.92. The van der Waals surface area contributed by atoms with E-state index in [1.807, 2.05) is 0 Å². The molecule has 152 valence electrons. The maximum Gasteiger partial charge on any atom is 0.285 e. The van der Waals surface area contributed by atoms with Gasteiger partial charge in [-0.1, -0.05) is 65.2 Å². The maximum absolute atomic E-state index is 5.64. The van der Waals surface area contributed by atoms with Crippen LogP contribution in [-0.2, 0) is 14.2 Å². The van der Waals surface area contributed by atoms with E-state index in [9.17, 15) is 0 Å². The van der Waals surface area contributed by atoms with Crippen molar-refractivity contribution in [3.8, 4) is 0 Å². The molecule has 0 radical (unpaired) electrons. The molecule has 25 heavy (non-hydrogen) atoms. The Kier molecular flexibility index (Phi) is 17.2. The van der Waals surface area contributed by atoms with Crippen LogP contribution in [0, 0.1) is 5.92 Å². The van der Waals surface area contributed by atoms with Crippen LogP contribution in [0.4, 0.5) is 0 Å². The van der Waals surface area contributed by atoms with E-state index in [0.29, 0.717) is 0 Å². The summed E-state index contributed by atoms with van der Waals surface area (Å²) in [4.78, 5) is 0. The Labute approximate surface area is 157 Å². The minimum Gasteiger partial charge on any atom is -0.331 e. The first kappa shape index (κ1) is 24.8. The zero-order valence-corrected chi connectivity index (χ0v) is 17.7. The molecule has 0 aromatic rings. The molecule has 4 nitrogen and oxygen atoms in total. The van der Waals surface area contributed by atoms with Crippen LogP contribution in [0.1, 0.15) is 90.9 Å². The third kappa shape index (κ3) is 11.2. The molecule has 0 amide bonds. The van der Waals surface area contributed by atoms with Crippen LogP contribution in [0.5, 0.6) is 0 Å². The Morgan fingerprint density at radius 2 is 1.12 bits per heavy atom. The standard InChI is InChI=1S/C21H45NO3/c1-6-8-10-11-12-13-16-20(21(23-3,24-4)25-5)17-14-15-19-22-18-9-7-2/h20,22H,6-19H2,1-5H3. The molecule has 0 fully saturated rings. The van der Waals surface area contributed by atoms with Crippen LogP contribution < -0.4 is 5.32 Å². The van der Waals surface area contributed by atoms with Crippen LogP contribution in [0.15, 0.2) is 0 Å². The molecule has 4 heteroatoms. The van der Waals surface area contributed by atoms with Gasteiger partial charge >= 0.3 is 0 Å². The van der Waals surface area contributed by atoms with Gasteiger partial charge in [-0.05, 0) is 38.8 Å². The zero-order valence-electron chi connectivity index (χ0n) is 17.7. The molecule has 0 rings (SSSR count). The van der Waals surface area contributed by atoms with Crippen LogP contribution >= 0.6 is 0 Å². The molecule has 0 aliphatic heterocycles. The van der Waals surface area contributed by atoms with Gasteiger partial charge in [0.1, 0.15) is 0 Å². The Balaban J connectivity index is 4.24. The fourth-order valence-corrected chi connectivity index (χ4v) is 3.49. The molecule has 0 bridgehead atoms. The summed E-state index contributed by atoms with van der Waals surface area (Å²) in [5.74, 6) is -0.603. The van der Waals surface area contributed by atoms with Crippen molar-refractivity contribution in [3.63, 3.8) is 0 Å². The smallest absolute Gasteiger partial charge is 0.285 e. The lowest BCUT2D eigenvalue weighted by Gasteiger charge is -2.36. The number of hydrogen-bond donors (Lipinski definition) is 1. The monoisotopic (exact) mass is 359 g/mol. The molecule has 0 saturated heterocycles. The molecule has 1 unspecified atom stereocenters. The second-order valence-electron chi connectivity index (χ2n) is 7.07. The van der Waals surface area contributed by atoms with E-state index in [-0.39, 0.29) is 5.92 Å². The zero-order chi connectivity index (χ0) is 18.8. The topological polar surface area (TPSA) is 39.7 Å². The van der Waals surface area contributed by atoms with Crippen molar-refractivity contribution in [3.05, 3.63) is 0 Å². The van der Waals surface area contributed by atoms with E-state index < -0.39 is 5.97 Å². The van der Waals surface area contributed by atoms with E-state index >= 15 is 0 Å². The minimum atomic E-state index is -0.890. The van der Waals surface area contributed by atoms with Crippen molar-refractivity contribution in [2.24, 2.45) is 5.92 Å². The van der Waals surface area contributed by atoms with Crippen molar-refractivity contribution in [1.82, 2.24) is 5.32 Å². The van der Waals surface area contributed by atoms with E-state index in [2.05, 4.69) is 19.2 Å². The SMILES string of the molecule is CCCCCCCCC(CCCCNCCCC)C(OC)(OC)OC. The molecule has 0 spiro atoms. The second kappa shape index (κ2) is 17.3. The average molecular weight is 360 g/mol. The Bertz CT molecular complexity index is 262. The first-order chi connectivity index (χ1) is 12.2. The number of methoxy groups -OCH3 is 3. The highest BCUT2D eigenvalue weighted by atomic mass is 16.9. The van der Waals surface area contributed by atoms with Crippen LogP contribution in [0.25, 0.3) is 0 Å². The molecular formula is C21H45NO3. The van der Waals surface area contributed by atoms with E-state index in [4.69, 9.17) is 14.2 Å². The molecule has 0 aliphatic carbocycles. The second-order valence-corrected chi connectivity index (χ2v) is 7.07. The van der Waals surface area contributed by atoms with Gasteiger partial charge in [-0.2, -0.15) is 0 Å². The lowest BCUT2D eigenvalue weighted by Crippen LogP contribution is -2.44. The molecule has 0 aromatic heterocycles. The van der Waals surface area contributed by atoms with Gasteiger partial charge < -0.3 is 19.5 Å². The van der Waals surface area contributed by atoms with Gasteiger partial charge in [0.25, 0.3) is 5.97 Å². The summed E-state index contributed by atoms with van der Waals surface area (Å²) in [5, 5.41) is 3.52. The molecule has 0 saturated carbocycles. The van der Waals surface area contributed by atoms with Crippen molar-refractivity contribution < 1.29 is 14.2 Å². The van der Waals surface area contributed by atoms with E-state index in [1.54, 1.807) is 21.3 Å². The van der Waals surface area contributed by atoms with Crippen LogP contribution in [0.2, 0.25) is 0 Å². The summed E-state index contributed by atoms with van der Waals surface area (Å²) < 4.78 is 16.9. The quantitative estimate of drug-likeness (QED) is 0.244. The highest BCUT2D eigenvalue weighted by Gasteiger charge is 2.39. The van der Waals surface area contributed by atoms with Gasteiger partial charge in [0, 0.05) is 27.2 Å². The Hall–Kier alpha value is -0.160. The van der Waals surface area contributed by atoms with Gasteiger partial charge in [0.05, 0.1) is 0 Å². The van der Waals surface area contributed by atoms with Gasteiger partial charge in [-0.3, -0.25) is 0 Å². The van der Waals surface area contributed by atoms with Gasteiger partial charge in [-0.15, -0.1) is 0 Å². The maximum atomic E-state index is 5.64. The van der Waals surface area contributed by atoms with Gasteiger partial charge in [0.2, 0.25) is 0 Å². The number of unbranched alkanes of at least 4 members (excludes halogenated alkanes) is 7. The molecular weight excluding hydrogens is 314 g/mol. The van der Waals surface area contributed by atoms with Crippen LogP contribution in [-0.4, -0.2) is 40.4 Å². The fourth-order valence-electron chi connectivity index (χ4n) is 3.49. The van der Waals surface area contributed by atoms with Gasteiger partial charge in [-0.25, -0.2) is 0 Å². The number of nitrogens with one attached hydrogen (secondary N) is 1. The molecule has 1 atom stereocenters. The summed E-state index contributed by atoms with van der Waals surface area (Å²) in [5.41, 5.74) is 0. The fraction of sp³-hybridized carbons (Fsp3) is 1.00. The van der Waals surface area contributed by atoms with Gasteiger partial charge in [0.15, 0.2) is 0 Å². The van der Waals surface area contributed by atoms with Crippen molar-refractivity contribution in [2.45, 2.75) is 96.9 Å². The van der Waals surface area contributed by atoms with E-state index in [1.165, 1.54) is 64.2 Å². The molecule has 0 aromatic carbocycles. The summed E-state index contributed by atoms with van der Waals surface area (Å²) in [6, 6.07) is 0. The lowest BCUT2D eigenvalue weighted by molar-refractivity contribution is -0.380. The third-order valence-electron chi connectivity index (χ3n) is 5.12. The highest BCUT2D eigenvalue weighted by molar-refractivity contribution is 4.72. The summed E-state index contributed by atoms with van der Waals surface area (Å²) >= 11 is 0. The predicted octanol–water partition coefficient (Wildman–Crippen LogP) is 5.51. The van der Waals surface area contributed by atoms with Crippen molar-refractivity contribution in [2.75, 3.05) is 34.4 Å². The Morgan fingerprint density at radius 3 is 1.68 bits per heavy atom. The predicted molar refractivity (Wildman–Crippen MR) is 107 cm³/mol. The first-order valence-electron chi connectivity index (χ1n) is 10.6. The minimum absolute atomic E-state index is 0.286. The molecule has 0 aliphatic rings. The number of rotatable bonds is 19. The normalized spacial score (nSPS) is 13.3. The number of hydrogen-bond acceptors (Lipinski definition) is 4. The highest BCUT2D eigenvalue weighted by Crippen LogP contribution is 2.32. The van der Waals surface area contributed by atoms with Crippen LogP contribution in [0.3, 0.4) is 0 Å². The average Bonchev–Trinajstić information content (AvgIpc) is 2.64.